The maximum Gasteiger partial charge on any atom is 0.286 e. The van der Waals surface area contributed by atoms with E-state index in [1.165, 1.54) is 6.33 Å². The molecule has 1 saturated carbocycles. The molecule has 5 rings (SSSR count). The quantitative estimate of drug-likeness (QED) is 0.460. The van der Waals surface area contributed by atoms with Crippen LogP contribution in [-0.2, 0) is 4.79 Å². The van der Waals surface area contributed by atoms with Gasteiger partial charge in [0.1, 0.15) is 35.9 Å². The fourth-order valence-corrected chi connectivity index (χ4v) is 4.50. The summed E-state index contributed by atoms with van der Waals surface area (Å²) in [5.41, 5.74) is 3.67. The first-order chi connectivity index (χ1) is 17.2. The number of carbonyl (C=O) groups is 2. The van der Waals surface area contributed by atoms with Crippen molar-refractivity contribution in [1.29, 1.82) is 0 Å². The molecule has 9 nitrogen and oxygen atoms in total. The molecule has 1 saturated heterocycles. The normalized spacial score (nSPS) is 19.0. The minimum Gasteiger partial charge on any atom is -0.493 e. The van der Waals surface area contributed by atoms with E-state index in [2.05, 4.69) is 20.3 Å². The minimum absolute atomic E-state index is 0.129. The Morgan fingerprint density at radius 2 is 2.06 bits per heavy atom. The van der Waals surface area contributed by atoms with E-state index >= 15 is 0 Å². The molecule has 190 valence electrons. The number of aromatic nitrogens is 3. The van der Waals surface area contributed by atoms with Gasteiger partial charge in [-0.3, -0.25) is 9.59 Å². The Balaban J connectivity index is 1.47. The van der Waals surface area contributed by atoms with Crippen LogP contribution in [0.3, 0.4) is 0 Å². The Kier molecular flexibility index (Phi) is 6.11. The number of rotatable bonds is 7. The molecule has 1 unspecified atom stereocenters. The summed E-state index contributed by atoms with van der Waals surface area (Å²) in [4.78, 5) is 37.6. The van der Waals surface area contributed by atoms with Crippen LogP contribution in [0, 0.1) is 19.8 Å². The van der Waals surface area contributed by atoms with Crippen LogP contribution >= 0.6 is 0 Å². The number of benzene rings is 1. The van der Waals surface area contributed by atoms with E-state index in [0.29, 0.717) is 40.7 Å². The number of aliphatic hydroxyl groups is 1. The molecular formula is C25H27F2N5O4. The number of H-pyrrole nitrogens is 1. The molecule has 3 aromatic rings. The first kappa shape index (κ1) is 24.1. The lowest BCUT2D eigenvalue weighted by Gasteiger charge is -2.18. The van der Waals surface area contributed by atoms with Gasteiger partial charge in [0.2, 0.25) is 5.91 Å². The number of aryl methyl sites for hydroxylation is 2. The predicted octanol–water partition coefficient (Wildman–Crippen LogP) is 2.60. The Morgan fingerprint density at radius 3 is 2.78 bits per heavy atom. The highest BCUT2D eigenvalue weighted by atomic mass is 19.3. The molecular weight excluding hydrogens is 472 g/mol. The van der Waals surface area contributed by atoms with Gasteiger partial charge in [-0.1, -0.05) is 11.6 Å². The van der Waals surface area contributed by atoms with Crippen LogP contribution in [-0.4, -0.2) is 75.0 Å². The number of halogens is 2. The monoisotopic (exact) mass is 499 g/mol. The average Bonchev–Trinajstić information content (AvgIpc) is 3.53. The number of likely N-dealkylation sites (tertiary alicyclic amines) is 1. The van der Waals surface area contributed by atoms with Crippen molar-refractivity contribution >= 4 is 22.8 Å². The molecule has 36 heavy (non-hydrogen) atoms. The molecule has 1 aliphatic heterocycles. The highest BCUT2D eigenvalue weighted by Crippen LogP contribution is 2.37. The van der Waals surface area contributed by atoms with Crippen molar-refractivity contribution in [3.05, 3.63) is 41.3 Å². The van der Waals surface area contributed by atoms with Gasteiger partial charge < -0.3 is 25.0 Å². The average molecular weight is 500 g/mol. The van der Waals surface area contributed by atoms with Crippen molar-refractivity contribution in [1.82, 2.24) is 25.2 Å². The third-order valence-corrected chi connectivity index (χ3v) is 6.67. The van der Waals surface area contributed by atoms with E-state index in [0.717, 1.165) is 28.9 Å². The third-order valence-electron chi connectivity index (χ3n) is 6.67. The molecule has 0 bridgehead atoms. The Labute approximate surface area is 205 Å². The second-order valence-corrected chi connectivity index (χ2v) is 9.54. The molecule has 0 radical (unpaired) electrons. The zero-order chi connectivity index (χ0) is 25.6. The van der Waals surface area contributed by atoms with Gasteiger partial charge in [0.15, 0.2) is 0 Å². The molecule has 11 heteroatoms. The molecule has 2 aromatic heterocycles. The van der Waals surface area contributed by atoms with Gasteiger partial charge in [0, 0.05) is 17.8 Å². The van der Waals surface area contributed by atoms with Crippen molar-refractivity contribution in [2.75, 3.05) is 26.3 Å². The van der Waals surface area contributed by atoms with Crippen LogP contribution in [0.15, 0.2) is 24.5 Å². The minimum atomic E-state index is -3.34. The summed E-state index contributed by atoms with van der Waals surface area (Å²) in [5.74, 6) is -3.66. The Hall–Kier alpha value is -3.60. The smallest absolute Gasteiger partial charge is 0.286 e. The molecule has 2 amide bonds. The maximum absolute atomic E-state index is 14.5. The zero-order valence-corrected chi connectivity index (χ0v) is 20.0. The number of alkyl halides is 2. The SMILES string of the molecule is Cc1ccc(OCC2CC2)c(-c2ncnc3c(C(=O)NC4CN(C(=O)CO)CC4(F)F)c(C)[nH]c23)c1. The summed E-state index contributed by atoms with van der Waals surface area (Å²) >= 11 is 0. The van der Waals surface area contributed by atoms with Crippen LogP contribution in [0.4, 0.5) is 8.78 Å². The number of hydrogen-bond donors (Lipinski definition) is 3. The molecule has 2 aliphatic rings. The predicted molar refractivity (Wildman–Crippen MR) is 127 cm³/mol. The maximum atomic E-state index is 14.5. The summed E-state index contributed by atoms with van der Waals surface area (Å²) in [6.45, 7) is 2.10. The van der Waals surface area contributed by atoms with Crippen LogP contribution in [0.1, 0.15) is 34.5 Å². The first-order valence-electron chi connectivity index (χ1n) is 11.8. The van der Waals surface area contributed by atoms with Gasteiger partial charge in [0.25, 0.3) is 11.8 Å². The van der Waals surface area contributed by atoms with Crippen molar-refractivity contribution in [3.63, 3.8) is 0 Å². The van der Waals surface area contributed by atoms with E-state index in [1.54, 1.807) is 6.92 Å². The third kappa shape index (κ3) is 4.50. The molecule has 2 fully saturated rings. The summed E-state index contributed by atoms with van der Waals surface area (Å²) in [5, 5.41) is 11.4. The Bertz CT molecular complexity index is 1340. The van der Waals surface area contributed by atoms with E-state index in [9.17, 15) is 18.4 Å². The summed E-state index contributed by atoms with van der Waals surface area (Å²) < 4.78 is 35.1. The molecule has 3 heterocycles. The van der Waals surface area contributed by atoms with Crippen LogP contribution < -0.4 is 10.1 Å². The first-order valence-corrected chi connectivity index (χ1v) is 11.8. The van der Waals surface area contributed by atoms with Crippen molar-refractivity contribution in [3.8, 4) is 17.0 Å². The number of nitrogens with zero attached hydrogens (tertiary/aromatic N) is 3. The van der Waals surface area contributed by atoms with Gasteiger partial charge in [-0.05, 0) is 44.7 Å². The van der Waals surface area contributed by atoms with Crippen LogP contribution in [0.2, 0.25) is 0 Å². The molecule has 1 aliphatic carbocycles. The zero-order valence-electron chi connectivity index (χ0n) is 20.0. The number of hydrogen-bond acceptors (Lipinski definition) is 6. The van der Waals surface area contributed by atoms with E-state index < -0.39 is 43.5 Å². The van der Waals surface area contributed by atoms with Crippen molar-refractivity contribution in [2.24, 2.45) is 5.92 Å². The van der Waals surface area contributed by atoms with Gasteiger partial charge in [0.05, 0.1) is 24.2 Å². The number of amides is 2. The molecule has 1 aromatic carbocycles. The second-order valence-electron chi connectivity index (χ2n) is 9.54. The molecule has 0 spiro atoms. The number of nitrogens with one attached hydrogen (secondary N) is 2. The second kappa shape index (κ2) is 9.12. The Morgan fingerprint density at radius 1 is 1.28 bits per heavy atom. The number of ether oxygens (including phenoxy) is 1. The topological polar surface area (TPSA) is 120 Å². The van der Waals surface area contributed by atoms with Gasteiger partial charge >= 0.3 is 0 Å². The summed E-state index contributed by atoms with van der Waals surface area (Å²) in [6, 6.07) is 4.21. The largest absolute Gasteiger partial charge is 0.493 e. The summed E-state index contributed by atoms with van der Waals surface area (Å²) in [7, 11) is 0. The fourth-order valence-electron chi connectivity index (χ4n) is 4.50. The highest BCUT2D eigenvalue weighted by Gasteiger charge is 2.50. The standard InChI is InChI=1S/C25H27F2N5O4/c1-13-3-6-17(36-10-15-4-5-15)16(7-13)21-23-22(29-12-28-21)20(14(2)30-23)24(35)31-18-8-32(19(34)9-33)11-25(18,26)27/h3,6-7,12,15,18,30,33H,4-5,8-11H2,1-2H3,(H,31,35). The lowest BCUT2D eigenvalue weighted by molar-refractivity contribution is -0.134. The molecule has 1 atom stereocenters. The number of fused-ring (bicyclic) bond motifs is 1. The lowest BCUT2D eigenvalue weighted by atomic mass is 10.1. The van der Waals surface area contributed by atoms with Crippen molar-refractivity contribution < 1.29 is 28.2 Å². The van der Waals surface area contributed by atoms with Crippen LogP contribution in [0.5, 0.6) is 5.75 Å². The van der Waals surface area contributed by atoms with Crippen molar-refractivity contribution in [2.45, 2.75) is 38.7 Å². The van der Waals surface area contributed by atoms with E-state index in [-0.39, 0.29) is 5.56 Å². The summed E-state index contributed by atoms with van der Waals surface area (Å²) in [6.07, 6.45) is 3.64. The van der Waals surface area contributed by atoms with Gasteiger partial charge in [-0.25, -0.2) is 18.7 Å². The van der Waals surface area contributed by atoms with Gasteiger partial charge in [-0.2, -0.15) is 0 Å². The van der Waals surface area contributed by atoms with Gasteiger partial charge in [-0.15, -0.1) is 0 Å². The van der Waals surface area contributed by atoms with Crippen LogP contribution in [0.25, 0.3) is 22.3 Å². The van der Waals surface area contributed by atoms with E-state index in [1.807, 2.05) is 25.1 Å². The highest BCUT2D eigenvalue weighted by molar-refractivity contribution is 6.09. The number of aromatic amines is 1. The lowest BCUT2D eigenvalue weighted by Crippen LogP contribution is -2.46. The number of carbonyl (C=O) groups excluding carboxylic acids is 2. The fraction of sp³-hybridized carbons (Fsp3) is 0.440. The van der Waals surface area contributed by atoms with E-state index in [4.69, 9.17) is 9.84 Å². The molecule has 3 N–H and O–H groups in total. The number of aliphatic hydroxyl groups excluding tert-OH is 1.